The molecule has 128 valence electrons. The van der Waals surface area contributed by atoms with Crippen molar-refractivity contribution in [2.24, 2.45) is 5.41 Å². The monoisotopic (exact) mass is 328 g/mol. The molecule has 0 amide bonds. The molecule has 0 unspecified atom stereocenters. The predicted octanol–water partition coefficient (Wildman–Crippen LogP) is 3.12. The highest BCUT2D eigenvalue weighted by Gasteiger charge is 2.46. The number of furan rings is 1. The molecule has 2 aliphatic heterocycles. The molecular weight excluding hydrogens is 304 g/mol. The molecule has 0 aromatic carbocycles. The highest BCUT2D eigenvalue weighted by atomic mass is 16.5. The maximum atomic E-state index is 6.11. The Balaban J connectivity index is 1.47. The molecule has 0 bridgehead atoms. The summed E-state index contributed by atoms with van der Waals surface area (Å²) in [4.78, 5) is 6.75. The molecule has 2 fully saturated rings. The van der Waals surface area contributed by atoms with E-state index in [-0.39, 0.29) is 11.5 Å². The zero-order chi connectivity index (χ0) is 16.2. The van der Waals surface area contributed by atoms with Gasteiger partial charge >= 0.3 is 0 Å². The van der Waals surface area contributed by atoms with Crippen molar-refractivity contribution in [3.05, 3.63) is 48.6 Å². The van der Waals surface area contributed by atoms with E-state index < -0.39 is 0 Å². The lowest BCUT2D eigenvalue weighted by Crippen LogP contribution is -2.57. The molecule has 4 rings (SSSR count). The molecule has 2 atom stereocenters. The molecular formula is C19H24N2O3. The number of fused-ring (bicyclic) bond motifs is 1. The summed E-state index contributed by atoms with van der Waals surface area (Å²) < 4.78 is 17.7. The van der Waals surface area contributed by atoms with Crippen LogP contribution in [0.15, 0.2) is 47.2 Å². The maximum absolute atomic E-state index is 6.11. The highest BCUT2D eigenvalue weighted by molar-refractivity contribution is 5.10. The van der Waals surface area contributed by atoms with Crippen LogP contribution < -0.4 is 4.74 Å². The number of hydrogen-bond donors (Lipinski definition) is 0. The van der Waals surface area contributed by atoms with Gasteiger partial charge < -0.3 is 13.9 Å². The van der Waals surface area contributed by atoms with Crippen LogP contribution in [0.1, 0.15) is 25.0 Å². The van der Waals surface area contributed by atoms with Crippen molar-refractivity contribution in [3.63, 3.8) is 0 Å². The van der Waals surface area contributed by atoms with E-state index in [1.165, 1.54) is 0 Å². The third-order valence-electron chi connectivity index (χ3n) is 5.17. The molecule has 2 aromatic heterocycles. The second-order valence-electron chi connectivity index (χ2n) is 6.86. The van der Waals surface area contributed by atoms with Crippen LogP contribution in [0.2, 0.25) is 0 Å². The molecule has 0 aliphatic carbocycles. The molecule has 0 N–H and O–H groups in total. The molecule has 4 heterocycles. The van der Waals surface area contributed by atoms with E-state index in [0.29, 0.717) is 12.5 Å². The van der Waals surface area contributed by atoms with Gasteiger partial charge in [0, 0.05) is 37.4 Å². The summed E-state index contributed by atoms with van der Waals surface area (Å²) in [5, 5.41) is 0. The third kappa shape index (κ3) is 3.32. The molecule has 0 radical (unpaired) electrons. The first-order chi connectivity index (χ1) is 11.8. The molecule has 24 heavy (non-hydrogen) atoms. The van der Waals surface area contributed by atoms with Gasteiger partial charge in [0.25, 0.3) is 0 Å². The summed E-state index contributed by atoms with van der Waals surface area (Å²) >= 11 is 0. The van der Waals surface area contributed by atoms with Crippen LogP contribution in [-0.2, 0) is 11.3 Å². The van der Waals surface area contributed by atoms with Crippen molar-refractivity contribution >= 4 is 0 Å². The number of piperidine rings is 1. The number of aromatic nitrogens is 1. The molecule has 2 aromatic rings. The average molecular weight is 328 g/mol. The Bertz CT molecular complexity index is 631. The molecule has 0 spiro atoms. The Morgan fingerprint density at radius 2 is 2.29 bits per heavy atom. The van der Waals surface area contributed by atoms with Gasteiger partial charge in [-0.15, -0.1) is 0 Å². The van der Waals surface area contributed by atoms with Crippen LogP contribution in [-0.4, -0.2) is 42.3 Å². The standard InChI is InChI=1S/C19H24N2O3/c1-2-9-20-18(6-1)24-15-19-8-4-12-23-17(19)7-10-21(14-19)13-16-5-3-11-22-16/h1-3,5-6,9,11,17H,4,7-8,10,12-15H2/t17-,19+/m0/s1. The second kappa shape index (κ2) is 6.95. The van der Waals surface area contributed by atoms with Crippen LogP contribution in [0.3, 0.4) is 0 Å². The quantitative estimate of drug-likeness (QED) is 0.844. The van der Waals surface area contributed by atoms with Gasteiger partial charge in [-0.25, -0.2) is 4.98 Å². The fourth-order valence-corrected chi connectivity index (χ4v) is 4.00. The minimum absolute atomic E-state index is 0.0423. The van der Waals surface area contributed by atoms with Crippen molar-refractivity contribution < 1.29 is 13.9 Å². The van der Waals surface area contributed by atoms with E-state index in [4.69, 9.17) is 13.9 Å². The van der Waals surface area contributed by atoms with Crippen molar-refractivity contribution in [2.75, 3.05) is 26.3 Å². The Morgan fingerprint density at radius 1 is 1.29 bits per heavy atom. The van der Waals surface area contributed by atoms with Crippen molar-refractivity contribution in [1.82, 2.24) is 9.88 Å². The van der Waals surface area contributed by atoms with Gasteiger partial charge in [0.15, 0.2) is 0 Å². The zero-order valence-electron chi connectivity index (χ0n) is 13.9. The van der Waals surface area contributed by atoms with Crippen LogP contribution in [0.25, 0.3) is 0 Å². The first kappa shape index (κ1) is 15.7. The van der Waals surface area contributed by atoms with Crippen LogP contribution >= 0.6 is 0 Å². The van der Waals surface area contributed by atoms with E-state index in [2.05, 4.69) is 9.88 Å². The lowest BCUT2D eigenvalue weighted by Gasteiger charge is -2.50. The van der Waals surface area contributed by atoms with Gasteiger partial charge in [-0.05, 0) is 37.5 Å². The molecule has 5 heteroatoms. The normalized spacial score (nSPS) is 27.6. The van der Waals surface area contributed by atoms with E-state index in [9.17, 15) is 0 Å². The number of likely N-dealkylation sites (tertiary alicyclic amines) is 1. The van der Waals surface area contributed by atoms with Crippen LogP contribution in [0.4, 0.5) is 0 Å². The summed E-state index contributed by atoms with van der Waals surface area (Å²) in [6.07, 6.45) is 7.07. The number of pyridine rings is 1. The largest absolute Gasteiger partial charge is 0.477 e. The minimum Gasteiger partial charge on any atom is -0.477 e. The van der Waals surface area contributed by atoms with Crippen LogP contribution in [0.5, 0.6) is 5.88 Å². The maximum Gasteiger partial charge on any atom is 0.213 e. The zero-order valence-corrected chi connectivity index (χ0v) is 13.9. The van der Waals surface area contributed by atoms with Crippen molar-refractivity contribution in [2.45, 2.75) is 31.9 Å². The summed E-state index contributed by atoms with van der Waals surface area (Å²) in [5.41, 5.74) is 0.0423. The summed E-state index contributed by atoms with van der Waals surface area (Å²) in [7, 11) is 0. The predicted molar refractivity (Wildman–Crippen MR) is 89.7 cm³/mol. The Labute approximate surface area is 142 Å². The summed E-state index contributed by atoms with van der Waals surface area (Å²) in [5.74, 6) is 1.71. The van der Waals surface area contributed by atoms with E-state index >= 15 is 0 Å². The van der Waals surface area contributed by atoms with E-state index in [1.54, 1.807) is 12.5 Å². The van der Waals surface area contributed by atoms with Crippen LogP contribution in [0, 0.1) is 5.41 Å². The van der Waals surface area contributed by atoms with Gasteiger partial charge in [0.2, 0.25) is 5.88 Å². The summed E-state index contributed by atoms with van der Waals surface area (Å²) in [6.45, 7) is 4.39. The Hall–Kier alpha value is -1.85. The van der Waals surface area contributed by atoms with Gasteiger partial charge in [0.05, 0.1) is 25.5 Å². The van der Waals surface area contributed by atoms with Gasteiger partial charge in [0.1, 0.15) is 5.76 Å². The Morgan fingerprint density at radius 3 is 3.12 bits per heavy atom. The number of hydrogen-bond acceptors (Lipinski definition) is 5. The molecule has 5 nitrogen and oxygen atoms in total. The topological polar surface area (TPSA) is 47.7 Å². The average Bonchev–Trinajstić information content (AvgIpc) is 3.14. The highest BCUT2D eigenvalue weighted by Crippen LogP contribution is 2.40. The number of rotatable bonds is 5. The fourth-order valence-electron chi connectivity index (χ4n) is 4.00. The van der Waals surface area contributed by atoms with Crippen molar-refractivity contribution in [3.8, 4) is 5.88 Å². The van der Waals surface area contributed by atoms with Gasteiger partial charge in [-0.1, -0.05) is 6.07 Å². The fraction of sp³-hybridized carbons (Fsp3) is 0.526. The second-order valence-corrected chi connectivity index (χ2v) is 6.86. The SMILES string of the molecule is c1ccc(OC[C@]23CCCO[C@H]2CCN(Cc2ccco2)C3)nc1. The molecule has 2 saturated heterocycles. The first-order valence-electron chi connectivity index (χ1n) is 8.74. The molecule has 0 saturated carbocycles. The number of nitrogens with zero attached hydrogens (tertiary/aromatic N) is 2. The third-order valence-corrected chi connectivity index (χ3v) is 5.17. The Kier molecular flexibility index (Phi) is 4.54. The van der Waals surface area contributed by atoms with E-state index in [1.807, 2.05) is 30.3 Å². The van der Waals surface area contributed by atoms with Gasteiger partial charge in [-0.3, -0.25) is 4.90 Å². The summed E-state index contributed by atoms with van der Waals surface area (Å²) in [6, 6.07) is 9.77. The smallest absolute Gasteiger partial charge is 0.213 e. The lowest BCUT2D eigenvalue weighted by atomic mass is 9.73. The molecule has 2 aliphatic rings. The lowest BCUT2D eigenvalue weighted by molar-refractivity contribution is -0.141. The van der Waals surface area contributed by atoms with Gasteiger partial charge in [-0.2, -0.15) is 0 Å². The number of ether oxygens (including phenoxy) is 2. The minimum atomic E-state index is 0.0423. The van der Waals surface area contributed by atoms with E-state index in [0.717, 1.165) is 51.3 Å². The first-order valence-corrected chi connectivity index (χ1v) is 8.74. The van der Waals surface area contributed by atoms with Crippen molar-refractivity contribution in [1.29, 1.82) is 0 Å².